The molecule has 21 heavy (non-hydrogen) atoms. The molecule has 2 rings (SSSR count). The van der Waals surface area contributed by atoms with E-state index in [0.29, 0.717) is 6.04 Å². The number of hydrogen-bond acceptors (Lipinski definition) is 1. The highest BCUT2D eigenvalue weighted by Gasteiger charge is 2.14. The van der Waals surface area contributed by atoms with E-state index in [0.717, 1.165) is 31.4 Å². The molecule has 1 aliphatic carbocycles. The Morgan fingerprint density at radius 2 is 2.14 bits per heavy atom. The molecule has 0 bridgehead atoms. The summed E-state index contributed by atoms with van der Waals surface area (Å²) < 4.78 is 13.3. The second kappa shape index (κ2) is 8.55. The van der Waals surface area contributed by atoms with Crippen molar-refractivity contribution in [2.45, 2.75) is 57.9 Å². The summed E-state index contributed by atoms with van der Waals surface area (Å²) in [6.45, 7) is 3.20. The van der Waals surface area contributed by atoms with Crippen molar-refractivity contribution >= 4 is 11.6 Å². The normalized spacial score (nSPS) is 16.6. The summed E-state index contributed by atoms with van der Waals surface area (Å²) in [6, 6.07) is 5.48. The monoisotopic (exact) mass is 309 g/mol. The van der Waals surface area contributed by atoms with Gasteiger partial charge in [-0.15, -0.1) is 0 Å². The average Bonchev–Trinajstić information content (AvgIpc) is 2.49. The summed E-state index contributed by atoms with van der Waals surface area (Å²) in [4.78, 5) is 0. The van der Waals surface area contributed by atoms with Crippen LogP contribution in [0.15, 0.2) is 29.8 Å². The first-order chi connectivity index (χ1) is 10.2. The van der Waals surface area contributed by atoms with Crippen molar-refractivity contribution in [1.29, 1.82) is 0 Å². The van der Waals surface area contributed by atoms with E-state index >= 15 is 0 Å². The Kier molecular flexibility index (Phi) is 6.72. The number of hydrogen-bond donors (Lipinski definition) is 1. The van der Waals surface area contributed by atoms with Crippen molar-refractivity contribution in [3.63, 3.8) is 0 Å². The second-order valence-electron chi connectivity index (χ2n) is 5.92. The van der Waals surface area contributed by atoms with Crippen molar-refractivity contribution in [2.24, 2.45) is 0 Å². The first-order valence-electron chi connectivity index (χ1n) is 8.04. The zero-order chi connectivity index (χ0) is 15.1. The smallest absolute Gasteiger partial charge is 0.141 e. The van der Waals surface area contributed by atoms with E-state index in [1.807, 2.05) is 6.07 Å². The topological polar surface area (TPSA) is 12.0 Å². The summed E-state index contributed by atoms with van der Waals surface area (Å²) >= 11 is 5.89. The summed E-state index contributed by atoms with van der Waals surface area (Å²) in [5, 5.41) is 3.84. The van der Waals surface area contributed by atoms with Gasteiger partial charge in [0.2, 0.25) is 0 Å². The molecule has 0 aliphatic heterocycles. The Balaban J connectivity index is 2.00. The lowest BCUT2D eigenvalue weighted by Crippen LogP contribution is -2.32. The molecule has 0 saturated heterocycles. The molecule has 1 aromatic carbocycles. The Morgan fingerprint density at radius 1 is 1.29 bits per heavy atom. The molecule has 0 fully saturated rings. The van der Waals surface area contributed by atoms with Crippen LogP contribution >= 0.6 is 11.6 Å². The first kappa shape index (κ1) is 16.5. The van der Waals surface area contributed by atoms with Crippen LogP contribution in [0.2, 0.25) is 5.02 Å². The largest absolute Gasteiger partial charge is 0.313 e. The van der Waals surface area contributed by atoms with Gasteiger partial charge in [0, 0.05) is 6.04 Å². The van der Waals surface area contributed by atoms with Crippen LogP contribution in [-0.4, -0.2) is 12.6 Å². The number of benzene rings is 1. The maximum absolute atomic E-state index is 13.3. The highest BCUT2D eigenvalue weighted by molar-refractivity contribution is 6.30. The van der Waals surface area contributed by atoms with E-state index in [1.165, 1.54) is 31.7 Å². The van der Waals surface area contributed by atoms with E-state index < -0.39 is 0 Å². The maximum atomic E-state index is 13.3. The lowest BCUT2D eigenvalue weighted by atomic mass is 9.92. The van der Waals surface area contributed by atoms with Crippen LogP contribution in [0.25, 0.3) is 0 Å². The van der Waals surface area contributed by atoms with Gasteiger partial charge < -0.3 is 5.32 Å². The Hall–Kier alpha value is -0.860. The van der Waals surface area contributed by atoms with E-state index in [1.54, 1.807) is 11.6 Å². The van der Waals surface area contributed by atoms with Gasteiger partial charge in [-0.2, -0.15) is 0 Å². The standard InChI is InChI=1S/C18H25ClFN/c1-2-10-21-16(11-14-6-4-3-5-7-14)12-15-8-9-18(20)17(19)13-15/h6,8-9,13,16,21H,2-5,7,10-12H2,1H3. The van der Waals surface area contributed by atoms with Crippen LogP contribution < -0.4 is 5.32 Å². The molecule has 0 spiro atoms. The molecule has 0 heterocycles. The van der Waals surface area contributed by atoms with Crippen molar-refractivity contribution < 1.29 is 4.39 Å². The van der Waals surface area contributed by atoms with Crippen LogP contribution in [0.1, 0.15) is 51.0 Å². The van der Waals surface area contributed by atoms with Crippen molar-refractivity contribution in [3.05, 3.63) is 46.3 Å². The molecule has 3 heteroatoms. The van der Waals surface area contributed by atoms with Gasteiger partial charge in [-0.05, 0) is 69.2 Å². The third kappa shape index (κ3) is 5.44. The molecular formula is C18H25ClFN. The zero-order valence-electron chi connectivity index (χ0n) is 12.8. The zero-order valence-corrected chi connectivity index (χ0v) is 13.6. The minimum atomic E-state index is -0.339. The Labute approximate surface area is 132 Å². The van der Waals surface area contributed by atoms with Crippen LogP contribution in [-0.2, 0) is 6.42 Å². The number of nitrogens with one attached hydrogen (secondary N) is 1. The highest BCUT2D eigenvalue weighted by atomic mass is 35.5. The van der Waals surface area contributed by atoms with Gasteiger partial charge in [0.1, 0.15) is 5.82 Å². The fourth-order valence-electron chi connectivity index (χ4n) is 2.92. The minimum absolute atomic E-state index is 0.221. The van der Waals surface area contributed by atoms with Crippen molar-refractivity contribution in [1.82, 2.24) is 5.32 Å². The molecular weight excluding hydrogens is 285 g/mol. The fraction of sp³-hybridized carbons (Fsp3) is 0.556. The van der Waals surface area contributed by atoms with Gasteiger partial charge >= 0.3 is 0 Å². The first-order valence-corrected chi connectivity index (χ1v) is 8.42. The van der Waals surface area contributed by atoms with E-state index in [4.69, 9.17) is 11.6 Å². The molecule has 1 atom stereocenters. The second-order valence-corrected chi connectivity index (χ2v) is 6.32. The fourth-order valence-corrected chi connectivity index (χ4v) is 3.13. The summed E-state index contributed by atoms with van der Waals surface area (Å²) in [5.74, 6) is -0.339. The molecule has 1 aromatic rings. The van der Waals surface area contributed by atoms with E-state index in [2.05, 4.69) is 18.3 Å². The van der Waals surface area contributed by atoms with Crippen molar-refractivity contribution in [2.75, 3.05) is 6.54 Å². The molecule has 0 saturated carbocycles. The highest BCUT2D eigenvalue weighted by Crippen LogP contribution is 2.23. The molecule has 0 aromatic heterocycles. The van der Waals surface area contributed by atoms with Crippen molar-refractivity contribution in [3.8, 4) is 0 Å². The maximum Gasteiger partial charge on any atom is 0.141 e. The van der Waals surface area contributed by atoms with Crippen LogP contribution in [0.3, 0.4) is 0 Å². The van der Waals surface area contributed by atoms with Gasteiger partial charge in [-0.25, -0.2) is 4.39 Å². The summed E-state index contributed by atoms with van der Waals surface area (Å²) in [7, 11) is 0. The number of allylic oxidation sites excluding steroid dienone is 1. The predicted octanol–water partition coefficient (Wildman–Crippen LogP) is 5.28. The van der Waals surface area contributed by atoms with Gasteiger partial charge in [0.25, 0.3) is 0 Å². The SMILES string of the molecule is CCCNC(CC1=CCCCC1)Cc1ccc(F)c(Cl)c1. The summed E-state index contributed by atoms with van der Waals surface area (Å²) in [5.41, 5.74) is 2.68. The average molecular weight is 310 g/mol. The van der Waals surface area contributed by atoms with E-state index in [9.17, 15) is 4.39 Å². The Morgan fingerprint density at radius 3 is 2.81 bits per heavy atom. The number of rotatable bonds is 7. The van der Waals surface area contributed by atoms with Gasteiger partial charge in [-0.3, -0.25) is 0 Å². The Bertz CT molecular complexity index is 484. The van der Waals surface area contributed by atoms with Crippen LogP contribution in [0.5, 0.6) is 0 Å². The summed E-state index contributed by atoms with van der Waals surface area (Å²) in [6.07, 6.45) is 10.6. The lowest BCUT2D eigenvalue weighted by molar-refractivity contribution is 0.490. The molecule has 116 valence electrons. The molecule has 1 unspecified atom stereocenters. The minimum Gasteiger partial charge on any atom is -0.313 e. The predicted molar refractivity (Wildman–Crippen MR) is 88.4 cm³/mol. The molecule has 1 nitrogen and oxygen atoms in total. The van der Waals surface area contributed by atoms with Crippen LogP contribution in [0, 0.1) is 5.82 Å². The van der Waals surface area contributed by atoms with Gasteiger partial charge in [0.05, 0.1) is 5.02 Å². The molecule has 0 amide bonds. The third-order valence-electron chi connectivity index (χ3n) is 4.04. The van der Waals surface area contributed by atoms with Gasteiger partial charge in [-0.1, -0.05) is 36.2 Å². The van der Waals surface area contributed by atoms with Gasteiger partial charge in [0.15, 0.2) is 0 Å². The molecule has 1 aliphatic rings. The lowest BCUT2D eigenvalue weighted by Gasteiger charge is -2.22. The third-order valence-corrected chi connectivity index (χ3v) is 4.33. The number of halogens is 2. The van der Waals surface area contributed by atoms with E-state index in [-0.39, 0.29) is 10.8 Å². The van der Waals surface area contributed by atoms with Crippen LogP contribution in [0.4, 0.5) is 4.39 Å². The molecule has 1 N–H and O–H groups in total. The quantitative estimate of drug-likeness (QED) is 0.676. The molecule has 0 radical (unpaired) electrons.